The van der Waals surface area contributed by atoms with Crippen molar-refractivity contribution in [3.63, 3.8) is 0 Å². The maximum Gasteiger partial charge on any atom is 0.248 e. The molecule has 0 saturated carbocycles. The lowest BCUT2D eigenvalue weighted by molar-refractivity contribution is 0.1000. The molecular formula is C12H18FN3O. The van der Waals surface area contributed by atoms with E-state index in [0.717, 1.165) is 13.0 Å². The monoisotopic (exact) mass is 239 g/mol. The van der Waals surface area contributed by atoms with E-state index in [2.05, 4.69) is 0 Å². The Balaban J connectivity index is 2.69. The molecule has 5 heteroatoms. The molecule has 94 valence electrons. The van der Waals surface area contributed by atoms with Crippen molar-refractivity contribution in [2.45, 2.75) is 13.0 Å². The van der Waals surface area contributed by atoms with Crippen LogP contribution in [-0.2, 0) is 6.54 Å². The summed E-state index contributed by atoms with van der Waals surface area (Å²) in [7, 11) is 1.90. The van der Waals surface area contributed by atoms with E-state index in [0.29, 0.717) is 18.7 Å². The van der Waals surface area contributed by atoms with Gasteiger partial charge in [0.2, 0.25) is 5.91 Å². The molecule has 1 aromatic rings. The maximum atomic E-state index is 13.6. The summed E-state index contributed by atoms with van der Waals surface area (Å²) in [5.41, 5.74) is 11.2. The molecule has 0 bridgehead atoms. The number of primary amides is 1. The van der Waals surface area contributed by atoms with Crippen LogP contribution in [0.4, 0.5) is 4.39 Å². The summed E-state index contributed by atoms with van der Waals surface area (Å²) in [4.78, 5) is 12.8. The summed E-state index contributed by atoms with van der Waals surface area (Å²) in [5.74, 6) is -1.02. The third-order valence-electron chi connectivity index (χ3n) is 2.52. The number of nitrogens with zero attached hydrogens (tertiary/aromatic N) is 1. The molecule has 4 nitrogen and oxygen atoms in total. The molecule has 0 aliphatic carbocycles. The summed E-state index contributed by atoms with van der Waals surface area (Å²) in [6, 6.07) is 4.31. The summed E-state index contributed by atoms with van der Waals surface area (Å²) >= 11 is 0. The number of amides is 1. The van der Waals surface area contributed by atoms with Gasteiger partial charge in [-0.15, -0.1) is 0 Å². The predicted octanol–water partition coefficient (Wildman–Crippen LogP) is 0.705. The van der Waals surface area contributed by atoms with Gasteiger partial charge in [0.15, 0.2) is 0 Å². The Bertz CT molecular complexity index is 395. The highest BCUT2D eigenvalue weighted by Crippen LogP contribution is 2.12. The van der Waals surface area contributed by atoms with Crippen LogP contribution in [0.25, 0.3) is 0 Å². The topological polar surface area (TPSA) is 72.3 Å². The van der Waals surface area contributed by atoms with Crippen LogP contribution in [0.15, 0.2) is 18.2 Å². The van der Waals surface area contributed by atoms with Crippen molar-refractivity contribution in [2.75, 3.05) is 20.1 Å². The van der Waals surface area contributed by atoms with E-state index in [4.69, 9.17) is 11.5 Å². The number of rotatable bonds is 6. The number of carbonyl (C=O) groups excluding carboxylic acids is 1. The first-order valence-electron chi connectivity index (χ1n) is 5.51. The lowest BCUT2D eigenvalue weighted by Gasteiger charge is -2.16. The van der Waals surface area contributed by atoms with Crippen LogP contribution in [0.2, 0.25) is 0 Å². The number of hydrogen-bond acceptors (Lipinski definition) is 3. The molecule has 17 heavy (non-hydrogen) atoms. The van der Waals surface area contributed by atoms with Crippen LogP contribution in [0, 0.1) is 5.82 Å². The largest absolute Gasteiger partial charge is 0.366 e. The van der Waals surface area contributed by atoms with E-state index >= 15 is 0 Å². The summed E-state index contributed by atoms with van der Waals surface area (Å²) < 4.78 is 13.6. The van der Waals surface area contributed by atoms with Crippen LogP contribution < -0.4 is 11.5 Å². The normalized spacial score (nSPS) is 10.8. The fourth-order valence-corrected chi connectivity index (χ4v) is 1.56. The maximum absolute atomic E-state index is 13.6. The Kier molecular flexibility index (Phi) is 5.06. The van der Waals surface area contributed by atoms with Crippen LogP contribution in [-0.4, -0.2) is 30.9 Å². The van der Waals surface area contributed by atoms with Gasteiger partial charge in [-0.25, -0.2) is 4.39 Å². The first-order chi connectivity index (χ1) is 8.04. The number of nitrogens with two attached hydrogens (primary N) is 2. The standard InChI is InChI=1S/C12H18FN3O/c1-16(6-2-5-14)8-10-4-3-9(12(15)17)7-11(10)13/h3-4,7H,2,5-6,8,14H2,1H3,(H2,15,17). The third-order valence-corrected chi connectivity index (χ3v) is 2.52. The lowest BCUT2D eigenvalue weighted by atomic mass is 10.1. The Morgan fingerprint density at radius 3 is 2.71 bits per heavy atom. The molecule has 0 heterocycles. The zero-order valence-corrected chi connectivity index (χ0v) is 9.95. The molecule has 0 aromatic heterocycles. The zero-order valence-electron chi connectivity index (χ0n) is 9.95. The highest BCUT2D eigenvalue weighted by molar-refractivity contribution is 5.92. The van der Waals surface area contributed by atoms with E-state index < -0.39 is 11.7 Å². The predicted molar refractivity (Wildman–Crippen MR) is 64.9 cm³/mol. The first kappa shape index (κ1) is 13.6. The molecule has 1 rings (SSSR count). The molecule has 4 N–H and O–H groups in total. The van der Waals surface area contributed by atoms with Gasteiger partial charge in [0.25, 0.3) is 0 Å². The van der Waals surface area contributed by atoms with Crippen molar-refractivity contribution < 1.29 is 9.18 Å². The number of hydrogen-bond donors (Lipinski definition) is 2. The molecule has 0 fully saturated rings. The van der Waals surface area contributed by atoms with E-state index in [1.807, 2.05) is 11.9 Å². The van der Waals surface area contributed by atoms with Crippen molar-refractivity contribution in [1.82, 2.24) is 4.90 Å². The summed E-state index contributed by atoms with van der Waals surface area (Å²) in [6.07, 6.45) is 0.873. The minimum absolute atomic E-state index is 0.191. The molecular weight excluding hydrogens is 221 g/mol. The van der Waals surface area contributed by atoms with Crippen molar-refractivity contribution in [1.29, 1.82) is 0 Å². The zero-order chi connectivity index (χ0) is 12.8. The average molecular weight is 239 g/mol. The van der Waals surface area contributed by atoms with Crippen LogP contribution >= 0.6 is 0 Å². The van der Waals surface area contributed by atoms with Crippen molar-refractivity contribution in [2.24, 2.45) is 11.5 Å². The van der Waals surface area contributed by atoms with Crippen molar-refractivity contribution in [3.8, 4) is 0 Å². The van der Waals surface area contributed by atoms with Gasteiger partial charge < -0.3 is 16.4 Å². The smallest absolute Gasteiger partial charge is 0.248 e. The first-order valence-corrected chi connectivity index (χ1v) is 5.51. The number of carbonyl (C=O) groups is 1. The molecule has 1 amide bonds. The minimum atomic E-state index is -0.619. The number of halogens is 1. The molecule has 0 aliphatic heterocycles. The van der Waals surface area contributed by atoms with E-state index in [1.165, 1.54) is 12.1 Å². The van der Waals surface area contributed by atoms with Gasteiger partial charge in [-0.3, -0.25) is 4.79 Å². The quantitative estimate of drug-likeness (QED) is 0.767. The fourth-order valence-electron chi connectivity index (χ4n) is 1.56. The van der Waals surface area contributed by atoms with Gasteiger partial charge >= 0.3 is 0 Å². The van der Waals surface area contributed by atoms with Gasteiger partial charge in [-0.1, -0.05) is 6.07 Å². The van der Waals surface area contributed by atoms with E-state index in [-0.39, 0.29) is 5.56 Å². The van der Waals surface area contributed by atoms with Gasteiger partial charge in [0.1, 0.15) is 5.82 Å². The molecule has 0 atom stereocenters. The average Bonchev–Trinajstić information content (AvgIpc) is 2.28. The SMILES string of the molecule is CN(CCCN)Cc1ccc(C(N)=O)cc1F. The summed E-state index contributed by atoms with van der Waals surface area (Å²) in [5, 5.41) is 0. The second-order valence-corrected chi connectivity index (χ2v) is 4.05. The summed E-state index contributed by atoms with van der Waals surface area (Å²) in [6.45, 7) is 1.92. The Morgan fingerprint density at radius 2 is 2.18 bits per heavy atom. The third kappa shape index (κ3) is 4.13. The number of benzene rings is 1. The molecule has 0 unspecified atom stereocenters. The molecule has 0 radical (unpaired) electrons. The van der Waals surface area contributed by atoms with Crippen LogP contribution in [0.3, 0.4) is 0 Å². The highest BCUT2D eigenvalue weighted by atomic mass is 19.1. The van der Waals surface area contributed by atoms with E-state index in [1.54, 1.807) is 6.07 Å². The molecule has 1 aromatic carbocycles. The molecule has 0 saturated heterocycles. The minimum Gasteiger partial charge on any atom is -0.366 e. The van der Waals surface area contributed by atoms with Gasteiger partial charge in [-0.2, -0.15) is 0 Å². The lowest BCUT2D eigenvalue weighted by Crippen LogP contribution is -2.22. The highest BCUT2D eigenvalue weighted by Gasteiger charge is 2.08. The Hall–Kier alpha value is -1.46. The molecule has 0 aliphatic rings. The second kappa shape index (κ2) is 6.32. The van der Waals surface area contributed by atoms with Crippen LogP contribution in [0.5, 0.6) is 0 Å². The van der Waals surface area contributed by atoms with Crippen LogP contribution in [0.1, 0.15) is 22.3 Å². The Morgan fingerprint density at radius 1 is 1.47 bits per heavy atom. The molecule has 0 spiro atoms. The van der Waals surface area contributed by atoms with E-state index in [9.17, 15) is 9.18 Å². The van der Waals surface area contributed by atoms with Gasteiger partial charge in [0, 0.05) is 17.7 Å². The van der Waals surface area contributed by atoms with Gasteiger partial charge in [0.05, 0.1) is 0 Å². The Labute approximate surface area is 100 Å². The van der Waals surface area contributed by atoms with Crippen molar-refractivity contribution in [3.05, 3.63) is 35.1 Å². The fraction of sp³-hybridized carbons (Fsp3) is 0.417. The van der Waals surface area contributed by atoms with Crippen molar-refractivity contribution >= 4 is 5.91 Å². The second-order valence-electron chi connectivity index (χ2n) is 4.05. The van der Waals surface area contributed by atoms with Gasteiger partial charge in [-0.05, 0) is 38.7 Å².